The SMILES string of the molecule is O=C(CC1CCCc2ccccc21)Nc1ccc2c(c1F)CCNC2. The summed E-state index contributed by atoms with van der Waals surface area (Å²) in [4.78, 5) is 12.5. The summed E-state index contributed by atoms with van der Waals surface area (Å²) >= 11 is 0. The zero-order valence-corrected chi connectivity index (χ0v) is 14.3. The Morgan fingerprint density at radius 2 is 2.04 bits per heavy atom. The molecule has 2 N–H and O–H groups in total. The van der Waals surface area contributed by atoms with Crippen molar-refractivity contribution in [1.29, 1.82) is 0 Å². The Balaban J connectivity index is 1.48. The first-order chi connectivity index (χ1) is 12.2. The normalized spacial score (nSPS) is 19.0. The number of halogens is 1. The molecule has 0 spiro atoms. The molecule has 1 aliphatic heterocycles. The molecular weight excluding hydrogens is 315 g/mol. The van der Waals surface area contributed by atoms with Gasteiger partial charge < -0.3 is 10.6 Å². The Morgan fingerprint density at radius 3 is 2.96 bits per heavy atom. The van der Waals surface area contributed by atoms with Crippen LogP contribution < -0.4 is 10.6 Å². The van der Waals surface area contributed by atoms with Gasteiger partial charge >= 0.3 is 0 Å². The number of hydrogen-bond donors (Lipinski definition) is 2. The summed E-state index contributed by atoms with van der Waals surface area (Å²) in [5.74, 6) is -0.138. The van der Waals surface area contributed by atoms with Gasteiger partial charge in [-0.3, -0.25) is 4.79 Å². The Morgan fingerprint density at radius 1 is 1.16 bits per heavy atom. The first-order valence-electron chi connectivity index (χ1n) is 9.11. The number of hydrogen-bond acceptors (Lipinski definition) is 2. The minimum Gasteiger partial charge on any atom is -0.324 e. The fourth-order valence-corrected chi connectivity index (χ4v) is 4.12. The topological polar surface area (TPSA) is 41.1 Å². The van der Waals surface area contributed by atoms with E-state index in [1.807, 2.05) is 12.1 Å². The maximum Gasteiger partial charge on any atom is 0.225 e. The lowest BCUT2D eigenvalue weighted by Crippen LogP contribution is -2.25. The second kappa shape index (κ2) is 6.96. The highest BCUT2D eigenvalue weighted by atomic mass is 19.1. The van der Waals surface area contributed by atoms with Crippen LogP contribution in [0.15, 0.2) is 36.4 Å². The van der Waals surface area contributed by atoms with Crippen molar-refractivity contribution < 1.29 is 9.18 Å². The van der Waals surface area contributed by atoms with E-state index in [1.54, 1.807) is 6.07 Å². The second-order valence-corrected chi connectivity index (χ2v) is 7.03. The molecule has 1 atom stereocenters. The summed E-state index contributed by atoms with van der Waals surface area (Å²) in [7, 11) is 0. The zero-order valence-electron chi connectivity index (χ0n) is 14.3. The molecule has 1 heterocycles. The summed E-state index contributed by atoms with van der Waals surface area (Å²) in [6, 6.07) is 12.0. The van der Waals surface area contributed by atoms with Crippen molar-refractivity contribution in [3.63, 3.8) is 0 Å². The molecule has 4 heteroatoms. The average molecular weight is 338 g/mol. The van der Waals surface area contributed by atoms with Gasteiger partial charge in [0, 0.05) is 13.0 Å². The molecule has 0 saturated heterocycles. The van der Waals surface area contributed by atoms with E-state index in [0.717, 1.165) is 36.9 Å². The number of fused-ring (bicyclic) bond motifs is 2. The van der Waals surface area contributed by atoms with Crippen molar-refractivity contribution in [3.05, 3.63) is 64.5 Å². The minimum atomic E-state index is -0.267. The fraction of sp³-hybridized carbons (Fsp3) is 0.381. The number of anilines is 1. The third kappa shape index (κ3) is 3.31. The van der Waals surface area contributed by atoms with Crippen LogP contribution >= 0.6 is 0 Å². The van der Waals surface area contributed by atoms with Crippen molar-refractivity contribution >= 4 is 11.6 Å². The van der Waals surface area contributed by atoms with Crippen LogP contribution in [0.4, 0.5) is 10.1 Å². The van der Waals surface area contributed by atoms with E-state index < -0.39 is 0 Å². The van der Waals surface area contributed by atoms with Gasteiger partial charge in [0.05, 0.1) is 5.69 Å². The number of amides is 1. The predicted molar refractivity (Wildman–Crippen MR) is 97.2 cm³/mol. The van der Waals surface area contributed by atoms with Crippen LogP contribution in [0.3, 0.4) is 0 Å². The van der Waals surface area contributed by atoms with Gasteiger partial charge in [-0.2, -0.15) is 0 Å². The van der Waals surface area contributed by atoms with Crippen molar-refractivity contribution in [2.75, 3.05) is 11.9 Å². The number of benzene rings is 2. The molecule has 1 amide bonds. The largest absolute Gasteiger partial charge is 0.324 e. The predicted octanol–water partition coefficient (Wildman–Crippen LogP) is 3.92. The third-order valence-electron chi connectivity index (χ3n) is 5.41. The molecule has 0 radical (unpaired) electrons. The van der Waals surface area contributed by atoms with Crippen LogP contribution in [0.5, 0.6) is 0 Å². The van der Waals surface area contributed by atoms with Gasteiger partial charge in [0.25, 0.3) is 0 Å². The van der Waals surface area contributed by atoms with Crippen LogP contribution in [0, 0.1) is 5.82 Å². The molecule has 25 heavy (non-hydrogen) atoms. The fourth-order valence-electron chi connectivity index (χ4n) is 4.12. The van der Waals surface area contributed by atoms with E-state index in [1.165, 1.54) is 11.1 Å². The Labute approximate surface area is 147 Å². The zero-order chi connectivity index (χ0) is 17.2. The van der Waals surface area contributed by atoms with Crippen molar-refractivity contribution in [2.24, 2.45) is 0 Å². The minimum absolute atomic E-state index is 0.102. The number of nitrogens with one attached hydrogen (secondary N) is 2. The maximum atomic E-state index is 14.7. The van der Waals surface area contributed by atoms with Crippen LogP contribution in [0.1, 0.15) is 47.4 Å². The number of aryl methyl sites for hydroxylation is 1. The number of carbonyl (C=O) groups excluding carboxylic acids is 1. The molecule has 130 valence electrons. The third-order valence-corrected chi connectivity index (χ3v) is 5.41. The summed E-state index contributed by atoms with van der Waals surface area (Å²) in [5, 5.41) is 6.04. The molecule has 2 aromatic carbocycles. The summed E-state index contributed by atoms with van der Waals surface area (Å²) < 4.78 is 14.7. The van der Waals surface area contributed by atoms with Gasteiger partial charge in [-0.25, -0.2) is 4.39 Å². The molecule has 2 aliphatic rings. The number of carbonyl (C=O) groups is 1. The molecule has 0 fully saturated rings. The lowest BCUT2D eigenvalue weighted by Gasteiger charge is -2.25. The van der Waals surface area contributed by atoms with E-state index in [-0.39, 0.29) is 17.6 Å². The Bertz CT molecular complexity index is 802. The lowest BCUT2D eigenvalue weighted by atomic mass is 9.81. The van der Waals surface area contributed by atoms with Gasteiger partial charge in [-0.05, 0) is 66.5 Å². The number of rotatable bonds is 3. The van der Waals surface area contributed by atoms with E-state index in [2.05, 4.69) is 28.8 Å². The van der Waals surface area contributed by atoms with Crippen LogP contribution in [0.2, 0.25) is 0 Å². The van der Waals surface area contributed by atoms with Gasteiger partial charge in [-0.15, -0.1) is 0 Å². The van der Waals surface area contributed by atoms with E-state index in [0.29, 0.717) is 25.1 Å². The molecule has 1 aliphatic carbocycles. The van der Waals surface area contributed by atoms with Crippen LogP contribution in [0.25, 0.3) is 0 Å². The molecule has 0 bridgehead atoms. The van der Waals surface area contributed by atoms with Gasteiger partial charge in [-0.1, -0.05) is 30.3 Å². The van der Waals surface area contributed by atoms with Crippen LogP contribution in [-0.4, -0.2) is 12.5 Å². The molecule has 4 rings (SSSR count). The Kier molecular flexibility index (Phi) is 4.53. The van der Waals surface area contributed by atoms with Crippen molar-refractivity contribution in [1.82, 2.24) is 5.32 Å². The monoisotopic (exact) mass is 338 g/mol. The van der Waals surface area contributed by atoms with Crippen LogP contribution in [-0.2, 0) is 24.2 Å². The summed E-state index contributed by atoms with van der Waals surface area (Å²) in [5.41, 5.74) is 4.66. The van der Waals surface area contributed by atoms with Gasteiger partial charge in [0.15, 0.2) is 0 Å². The maximum absolute atomic E-state index is 14.7. The average Bonchev–Trinajstić information content (AvgIpc) is 2.65. The molecule has 3 nitrogen and oxygen atoms in total. The molecule has 0 saturated carbocycles. The molecule has 2 aromatic rings. The van der Waals surface area contributed by atoms with E-state index in [4.69, 9.17) is 0 Å². The Hall–Kier alpha value is -2.20. The summed E-state index contributed by atoms with van der Waals surface area (Å²) in [6.45, 7) is 1.47. The first kappa shape index (κ1) is 16.3. The van der Waals surface area contributed by atoms with E-state index >= 15 is 0 Å². The van der Waals surface area contributed by atoms with E-state index in [9.17, 15) is 9.18 Å². The molecule has 0 aromatic heterocycles. The van der Waals surface area contributed by atoms with Crippen molar-refractivity contribution in [2.45, 2.75) is 44.6 Å². The second-order valence-electron chi connectivity index (χ2n) is 7.03. The van der Waals surface area contributed by atoms with Crippen molar-refractivity contribution in [3.8, 4) is 0 Å². The standard InChI is InChI=1S/C21H23FN2O/c22-21-18-10-11-23-13-16(18)8-9-19(21)24-20(25)12-15-6-3-5-14-4-1-2-7-17(14)15/h1-2,4,7-9,15,23H,3,5-6,10-13H2,(H,24,25). The quantitative estimate of drug-likeness (QED) is 0.890. The van der Waals surface area contributed by atoms with Gasteiger partial charge in [0.2, 0.25) is 5.91 Å². The highest BCUT2D eigenvalue weighted by Crippen LogP contribution is 2.34. The lowest BCUT2D eigenvalue weighted by molar-refractivity contribution is -0.116. The summed E-state index contributed by atoms with van der Waals surface area (Å²) in [6.07, 6.45) is 4.29. The molecular formula is C21H23FN2O. The van der Waals surface area contributed by atoms with Gasteiger partial charge in [0.1, 0.15) is 5.82 Å². The smallest absolute Gasteiger partial charge is 0.225 e. The highest BCUT2D eigenvalue weighted by molar-refractivity contribution is 5.91. The first-order valence-corrected chi connectivity index (χ1v) is 9.11. The highest BCUT2D eigenvalue weighted by Gasteiger charge is 2.23. The molecule has 1 unspecified atom stereocenters.